The van der Waals surface area contributed by atoms with Crippen LogP contribution in [-0.4, -0.2) is 29.8 Å². The second-order valence-electron chi connectivity index (χ2n) is 3.96. The van der Waals surface area contributed by atoms with Crippen LogP contribution in [0.2, 0.25) is 0 Å². The standard InChI is InChI=1S/C11H17N3O2/c1-3-4-13-5-6-14-10(15)7-9(8-16-2)12-11(13)14/h7H,3-6,8H2,1-2H3. The molecule has 16 heavy (non-hydrogen) atoms. The molecule has 5 heteroatoms. The molecule has 0 aliphatic carbocycles. The average Bonchev–Trinajstić information content (AvgIpc) is 2.63. The van der Waals surface area contributed by atoms with Gasteiger partial charge >= 0.3 is 0 Å². The Morgan fingerprint density at radius 1 is 1.50 bits per heavy atom. The summed E-state index contributed by atoms with van der Waals surface area (Å²) in [5, 5.41) is 0. The first-order valence-corrected chi connectivity index (χ1v) is 5.61. The van der Waals surface area contributed by atoms with E-state index >= 15 is 0 Å². The predicted molar refractivity (Wildman–Crippen MR) is 61.7 cm³/mol. The van der Waals surface area contributed by atoms with Crippen molar-refractivity contribution in [2.45, 2.75) is 26.5 Å². The third-order valence-corrected chi connectivity index (χ3v) is 2.70. The maximum Gasteiger partial charge on any atom is 0.255 e. The van der Waals surface area contributed by atoms with Crippen LogP contribution in [0, 0.1) is 0 Å². The Bertz CT molecular complexity index is 428. The molecule has 88 valence electrons. The van der Waals surface area contributed by atoms with Crippen LogP contribution in [0.4, 0.5) is 5.95 Å². The molecule has 2 rings (SSSR count). The minimum absolute atomic E-state index is 0.0238. The lowest BCUT2D eigenvalue weighted by molar-refractivity contribution is 0.181. The normalized spacial score (nSPS) is 14.2. The lowest BCUT2D eigenvalue weighted by atomic mass is 10.4. The summed E-state index contributed by atoms with van der Waals surface area (Å²) in [4.78, 5) is 18.4. The predicted octanol–water partition coefficient (Wildman–Crippen LogP) is 0.620. The Morgan fingerprint density at radius 3 is 3.00 bits per heavy atom. The highest BCUT2D eigenvalue weighted by Gasteiger charge is 2.21. The van der Waals surface area contributed by atoms with Crippen molar-refractivity contribution in [1.29, 1.82) is 0 Å². The van der Waals surface area contributed by atoms with Crippen molar-refractivity contribution in [3.63, 3.8) is 0 Å². The minimum Gasteiger partial charge on any atom is -0.378 e. The number of methoxy groups -OCH3 is 1. The van der Waals surface area contributed by atoms with E-state index in [2.05, 4.69) is 16.8 Å². The van der Waals surface area contributed by atoms with Crippen molar-refractivity contribution in [3.8, 4) is 0 Å². The summed E-state index contributed by atoms with van der Waals surface area (Å²) >= 11 is 0. The number of nitrogens with zero attached hydrogens (tertiary/aromatic N) is 3. The highest BCUT2D eigenvalue weighted by Crippen LogP contribution is 2.16. The Balaban J connectivity index is 2.36. The van der Waals surface area contributed by atoms with Gasteiger partial charge in [0.1, 0.15) is 0 Å². The van der Waals surface area contributed by atoms with Crippen LogP contribution in [0.1, 0.15) is 19.0 Å². The third kappa shape index (κ3) is 1.95. The number of anilines is 1. The van der Waals surface area contributed by atoms with Gasteiger partial charge in [-0.25, -0.2) is 4.98 Å². The number of hydrogen-bond acceptors (Lipinski definition) is 4. The van der Waals surface area contributed by atoms with Crippen molar-refractivity contribution < 1.29 is 4.74 Å². The van der Waals surface area contributed by atoms with Crippen LogP contribution in [-0.2, 0) is 17.9 Å². The van der Waals surface area contributed by atoms with Crippen LogP contribution in [0.15, 0.2) is 10.9 Å². The Labute approximate surface area is 94.7 Å². The van der Waals surface area contributed by atoms with Gasteiger partial charge in [0.15, 0.2) is 0 Å². The maximum atomic E-state index is 11.8. The smallest absolute Gasteiger partial charge is 0.255 e. The molecular formula is C11H17N3O2. The third-order valence-electron chi connectivity index (χ3n) is 2.70. The number of hydrogen-bond donors (Lipinski definition) is 0. The first-order chi connectivity index (χ1) is 7.76. The molecule has 0 radical (unpaired) electrons. The highest BCUT2D eigenvalue weighted by molar-refractivity contribution is 5.35. The van der Waals surface area contributed by atoms with Gasteiger partial charge in [0, 0.05) is 32.8 Å². The van der Waals surface area contributed by atoms with Crippen molar-refractivity contribution >= 4 is 5.95 Å². The summed E-state index contributed by atoms with van der Waals surface area (Å²) in [5.41, 5.74) is 0.734. The fraction of sp³-hybridized carbons (Fsp3) is 0.636. The summed E-state index contributed by atoms with van der Waals surface area (Å²) in [6.45, 7) is 5.09. The van der Waals surface area contributed by atoms with E-state index < -0.39 is 0 Å². The second kappa shape index (κ2) is 4.65. The Hall–Kier alpha value is -1.36. The molecule has 5 nitrogen and oxygen atoms in total. The topological polar surface area (TPSA) is 47.4 Å². The van der Waals surface area contributed by atoms with Gasteiger partial charge in [-0.05, 0) is 6.42 Å². The largest absolute Gasteiger partial charge is 0.378 e. The summed E-state index contributed by atoms with van der Waals surface area (Å²) in [5.74, 6) is 0.793. The van der Waals surface area contributed by atoms with E-state index in [1.54, 1.807) is 17.7 Å². The van der Waals surface area contributed by atoms with Crippen molar-refractivity contribution in [2.75, 3.05) is 25.1 Å². The molecular weight excluding hydrogens is 206 g/mol. The average molecular weight is 223 g/mol. The lowest BCUT2D eigenvalue weighted by Crippen LogP contribution is -2.24. The zero-order valence-electron chi connectivity index (χ0n) is 9.77. The molecule has 2 heterocycles. The van der Waals surface area contributed by atoms with E-state index in [9.17, 15) is 4.79 Å². The Morgan fingerprint density at radius 2 is 2.31 bits per heavy atom. The van der Waals surface area contributed by atoms with Crippen molar-refractivity contribution in [2.24, 2.45) is 0 Å². The molecule has 1 aromatic heterocycles. The van der Waals surface area contributed by atoms with E-state index in [0.717, 1.165) is 32.0 Å². The lowest BCUT2D eigenvalue weighted by Gasteiger charge is -2.16. The van der Waals surface area contributed by atoms with Gasteiger partial charge in [0.2, 0.25) is 5.95 Å². The monoisotopic (exact) mass is 223 g/mol. The quantitative estimate of drug-likeness (QED) is 0.750. The first kappa shape index (κ1) is 11.1. The van der Waals surface area contributed by atoms with Crippen LogP contribution >= 0.6 is 0 Å². The summed E-state index contributed by atoms with van der Waals surface area (Å²) in [7, 11) is 1.61. The highest BCUT2D eigenvalue weighted by atomic mass is 16.5. The summed E-state index contributed by atoms with van der Waals surface area (Å²) in [6, 6.07) is 1.56. The molecule has 1 aliphatic rings. The fourth-order valence-corrected chi connectivity index (χ4v) is 2.02. The number of rotatable bonds is 4. The molecule has 0 unspecified atom stereocenters. The molecule has 0 atom stereocenters. The van der Waals surface area contributed by atoms with E-state index in [4.69, 9.17) is 4.74 Å². The molecule has 0 aromatic carbocycles. The van der Waals surface area contributed by atoms with E-state index in [1.807, 2.05) is 0 Å². The molecule has 0 amide bonds. The molecule has 0 saturated heterocycles. The van der Waals surface area contributed by atoms with Crippen molar-refractivity contribution in [3.05, 3.63) is 22.1 Å². The van der Waals surface area contributed by atoms with Gasteiger partial charge in [-0.1, -0.05) is 6.92 Å². The van der Waals surface area contributed by atoms with Crippen LogP contribution < -0.4 is 10.5 Å². The van der Waals surface area contributed by atoms with Crippen LogP contribution in [0.3, 0.4) is 0 Å². The summed E-state index contributed by atoms with van der Waals surface area (Å²) in [6.07, 6.45) is 1.06. The molecule has 0 N–H and O–H groups in total. The van der Waals surface area contributed by atoms with Gasteiger partial charge in [0.25, 0.3) is 5.56 Å². The fourth-order valence-electron chi connectivity index (χ4n) is 2.02. The van der Waals surface area contributed by atoms with Gasteiger partial charge in [0.05, 0.1) is 12.3 Å². The number of ether oxygens (including phenoxy) is 1. The SMILES string of the molecule is CCCN1CCn2c1nc(COC)cc2=O. The minimum atomic E-state index is 0.0238. The van der Waals surface area contributed by atoms with E-state index in [-0.39, 0.29) is 5.56 Å². The first-order valence-electron chi connectivity index (χ1n) is 5.61. The van der Waals surface area contributed by atoms with Gasteiger partial charge < -0.3 is 9.64 Å². The molecule has 0 saturated carbocycles. The van der Waals surface area contributed by atoms with E-state index in [1.165, 1.54) is 0 Å². The molecule has 0 spiro atoms. The van der Waals surface area contributed by atoms with E-state index in [0.29, 0.717) is 12.3 Å². The number of aromatic nitrogens is 2. The molecule has 1 aromatic rings. The Kier molecular flexibility index (Phi) is 3.24. The zero-order chi connectivity index (χ0) is 11.5. The molecule has 0 fully saturated rings. The maximum absolute atomic E-state index is 11.8. The number of fused-ring (bicyclic) bond motifs is 1. The van der Waals surface area contributed by atoms with Crippen LogP contribution in [0.25, 0.3) is 0 Å². The summed E-state index contributed by atoms with van der Waals surface area (Å²) < 4.78 is 6.74. The molecule has 0 bridgehead atoms. The second-order valence-corrected chi connectivity index (χ2v) is 3.96. The molecule has 1 aliphatic heterocycles. The van der Waals surface area contributed by atoms with Gasteiger partial charge in [-0.15, -0.1) is 0 Å². The van der Waals surface area contributed by atoms with Gasteiger partial charge in [-0.2, -0.15) is 0 Å². The van der Waals surface area contributed by atoms with Gasteiger partial charge in [-0.3, -0.25) is 9.36 Å². The van der Waals surface area contributed by atoms with Crippen molar-refractivity contribution in [1.82, 2.24) is 9.55 Å². The van der Waals surface area contributed by atoms with Crippen LogP contribution in [0.5, 0.6) is 0 Å². The zero-order valence-corrected chi connectivity index (χ0v) is 9.77.